The van der Waals surface area contributed by atoms with Crippen molar-refractivity contribution in [3.63, 3.8) is 0 Å². The number of ether oxygens (including phenoxy) is 3. The van der Waals surface area contributed by atoms with Gasteiger partial charge < -0.3 is 14.2 Å². The third-order valence-electron chi connectivity index (χ3n) is 4.24. The second-order valence-corrected chi connectivity index (χ2v) is 6.25. The minimum Gasteiger partial charge on any atom is -0.501 e. The lowest BCUT2D eigenvalue weighted by atomic mass is 9.93. The van der Waals surface area contributed by atoms with Gasteiger partial charge >= 0.3 is 0 Å². The van der Waals surface area contributed by atoms with Crippen molar-refractivity contribution in [2.24, 2.45) is 5.92 Å². The lowest BCUT2D eigenvalue weighted by Gasteiger charge is -2.36. The molecule has 3 heteroatoms. The van der Waals surface area contributed by atoms with Crippen LogP contribution in [0.25, 0.3) is 0 Å². The molecule has 0 fully saturated rings. The Morgan fingerprint density at radius 3 is 2.04 bits per heavy atom. The summed E-state index contributed by atoms with van der Waals surface area (Å²) in [5.41, 5.74) is 0. The van der Waals surface area contributed by atoms with Crippen LogP contribution in [0.15, 0.2) is 12.3 Å². The van der Waals surface area contributed by atoms with Gasteiger partial charge in [0.1, 0.15) is 0 Å². The van der Waals surface area contributed by atoms with E-state index < -0.39 is 5.79 Å². The Morgan fingerprint density at radius 1 is 0.870 bits per heavy atom. The summed E-state index contributed by atoms with van der Waals surface area (Å²) in [6.45, 7) is 12.5. The van der Waals surface area contributed by atoms with E-state index in [4.69, 9.17) is 14.2 Å². The highest BCUT2D eigenvalue weighted by Gasteiger charge is 2.35. The van der Waals surface area contributed by atoms with E-state index in [-0.39, 0.29) is 5.92 Å². The van der Waals surface area contributed by atoms with Crippen molar-refractivity contribution < 1.29 is 14.2 Å². The number of rotatable bonds is 16. The lowest BCUT2D eigenvalue weighted by Crippen LogP contribution is -2.43. The smallest absolute Gasteiger partial charge is 0.171 e. The molecule has 0 aliphatic heterocycles. The van der Waals surface area contributed by atoms with Gasteiger partial charge in [-0.05, 0) is 33.6 Å². The first-order chi connectivity index (χ1) is 11.1. The molecule has 0 N–H and O–H groups in total. The van der Waals surface area contributed by atoms with Crippen LogP contribution in [-0.4, -0.2) is 25.6 Å². The van der Waals surface area contributed by atoms with Crippen LogP contribution in [0.5, 0.6) is 0 Å². The summed E-state index contributed by atoms with van der Waals surface area (Å²) < 4.78 is 17.6. The maximum Gasteiger partial charge on any atom is 0.171 e. The van der Waals surface area contributed by atoms with Crippen LogP contribution in [0, 0.1) is 5.92 Å². The van der Waals surface area contributed by atoms with E-state index in [1.54, 1.807) is 0 Å². The molecule has 0 spiro atoms. The first-order valence-corrected chi connectivity index (χ1v) is 9.69. The van der Waals surface area contributed by atoms with Gasteiger partial charge in [0.2, 0.25) is 0 Å². The highest BCUT2D eigenvalue weighted by Crippen LogP contribution is 2.29. The Bertz CT molecular complexity index is 270. The highest BCUT2D eigenvalue weighted by molar-refractivity contribution is 4.78. The van der Waals surface area contributed by atoms with E-state index in [0.717, 1.165) is 12.8 Å². The molecule has 0 aliphatic carbocycles. The molecule has 23 heavy (non-hydrogen) atoms. The molecule has 0 saturated carbocycles. The highest BCUT2D eigenvalue weighted by atomic mass is 16.7. The minimum atomic E-state index is -0.549. The van der Waals surface area contributed by atoms with Crippen LogP contribution in [0.3, 0.4) is 0 Å². The molecule has 0 aromatic rings. The molecular formula is C20H40O3. The molecular weight excluding hydrogens is 288 g/mol. The van der Waals surface area contributed by atoms with Crippen molar-refractivity contribution in [1.82, 2.24) is 0 Å². The van der Waals surface area contributed by atoms with Gasteiger partial charge in [0.15, 0.2) is 5.79 Å². The van der Waals surface area contributed by atoms with Gasteiger partial charge in [-0.25, -0.2) is 0 Å². The van der Waals surface area contributed by atoms with E-state index in [0.29, 0.717) is 19.8 Å². The Kier molecular flexibility index (Phi) is 14.7. The van der Waals surface area contributed by atoms with Crippen molar-refractivity contribution in [2.75, 3.05) is 19.8 Å². The van der Waals surface area contributed by atoms with Gasteiger partial charge in [0.05, 0.1) is 12.9 Å². The number of unbranched alkanes of at least 4 members (excludes halogenated alkanes) is 5. The average Bonchev–Trinajstić information content (AvgIpc) is 2.53. The zero-order valence-corrected chi connectivity index (χ0v) is 16.2. The van der Waals surface area contributed by atoms with Crippen LogP contribution < -0.4 is 0 Å². The van der Waals surface area contributed by atoms with Crippen LogP contribution in [0.2, 0.25) is 0 Å². The predicted molar refractivity (Wildman–Crippen MR) is 98.5 cm³/mol. The fraction of sp³-hybridized carbons (Fsp3) is 0.900. The van der Waals surface area contributed by atoms with Crippen LogP contribution >= 0.6 is 0 Å². The summed E-state index contributed by atoms with van der Waals surface area (Å²) in [5, 5.41) is 0. The summed E-state index contributed by atoms with van der Waals surface area (Å²) in [5.74, 6) is -0.289. The molecule has 1 unspecified atom stereocenters. The summed E-state index contributed by atoms with van der Waals surface area (Å²) >= 11 is 0. The zero-order chi connectivity index (χ0) is 17.4. The molecule has 0 amide bonds. The summed E-state index contributed by atoms with van der Waals surface area (Å²) in [6, 6.07) is 0. The fourth-order valence-corrected chi connectivity index (χ4v) is 2.85. The summed E-state index contributed by atoms with van der Waals surface area (Å²) in [7, 11) is 0. The van der Waals surface area contributed by atoms with Crippen molar-refractivity contribution in [1.29, 1.82) is 0 Å². The summed E-state index contributed by atoms with van der Waals surface area (Å²) in [6.07, 6.45) is 13.8. The molecule has 0 bridgehead atoms. The van der Waals surface area contributed by atoms with E-state index in [2.05, 4.69) is 20.8 Å². The SMILES string of the molecule is CCC=COCC(CCCCCCCC)C(C)(OCC)OCC. The number of hydrogen-bond acceptors (Lipinski definition) is 3. The van der Waals surface area contributed by atoms with Gasteiger partial charge in [-0.3, -0.25) is 0 Å². The van der Waals surface area contributed by atoms with Gasteiger partial charge in [-0.2, -0.15) is 0 Å². The molecule has 3 nitrogen and oxygen atoms in total. The molecule has 0 aromatic carbocycles. The largest absolute Gasteiger partial charge is 0.501 e. The van der Waals surface area contributed by atoms with Crippen LogP contribution in [0.1, 0.15) is 86.0 Å². The minimum absolute atomic E-state index is 0.259. The van der Waals surface area contributed by atoms with Crippen molar-refractivity contribution in [3.8, 4) is 0 Å². The first-order valence-electron chi connectivity index (χ1n) is 9.69. The van der Waals surface area contributed by atoms with E-state index >= 15 is 0 Å². The third kappa shape index (κ3) is 10.8. The predicted octanol–water partition coefficient (Wildman–Crippen LogP) is 6.08. The second kappa shape index (κ2) is 15.0. The van der Waals surface area contributed by atoms with Gasteiger partial charge in [-0.15, -0.1) is 0 Å². The van der Waals surface area contributed by atoms with Crippen molar-refractivity contribution >= 4 is 0 Å². The Hall–Kier alpha value is -0.540. The third-order valence-corrected chi connectivity index (χ3v) is 4.24. The lowest BCUT2D eigenvalue weighted by molar-refractivity contribution is -0.258. The number of hydrogen-bond donors (Lipinski definition) is 0. The van der Waals surface area contributed by atoms with Crippen LogP contribution in [-0.2, 0) is 14.2 Å². The topological polar surface area (TPSA) is 27.7 Å². The molecule has 0 radical (unpaired) electrons. The van der Waals surface area contributed by atoms with Gasteiger partial charge in [0, 0.05) is 19.1 Å². The maximum absolute atomic E-state index is 5.96. The molecule has 1 atom stereocenters. The molecule has 0 heterocycles. The van der Waals surface area contributed by atoms with E-state index in [1.165, 1.54) is 38.5 Å². The quantitative estimate of drug-likeness (QED) is 0.195. The standard InChI is InChI=1S/C20H40O3/c1-6-10-12-13-14-15-16-19(18-21-17-11-7-2)20(5,22-8-3)23-9-4/h11,17,19H,6-10,12-16,18H2,1-5H3. The van der Waals surface area contributed by atoms with Gasteiger partial charge in [0.25, 0.3) is 0 Å². The molecule has 0 saturated heterocycles. The molecule has 0 aromatic heterocycles. The zero-order valence-electron chi connectivity index (χ0n) is 16.2. The monoisotopic (exact) mass is 328 g/mol. The van der Waals surface area contributed by atoms with Gasteiger partial charge in [-0.1, -0.05) is 58.4 Å². The fourth-order valence-electron chi connectivity index (χ4n) is 2.85. The van der Waals surface area contributed by atoms with E-state index in [9.17, 15) is 0 Å². The summed E-state index contributed by atoms with van der Waals surface area (Å²) in [4.78, 5) is 0. The number of allylic oxidation sites excluding steroid dienone is 1. The van der Waals surface area contributed by atoms with E-state index in [1.807, 2.05) is 26.2 Å². The normalized spacial score (nSPS) is 13.6. The maximum atomic E-state index is 5.96. The molecule has 0 rings (SSSR count). The second-order valence-electron chi connectivity index (χ2n) is 6.25. The van der Waals surface area contributed by atoms with Crippen molar-refractivity contribution in [2.45, 2.75) is 91.8 Å². The van der Waals surface area contributed by atoms with Crippen LogP contribution in [0.4, 0.5) is 0 Å². The van der Waals surface area contributed by atoms with Crippen molar-refractivity contribution in [3.05, 3.63) is 12.3 Å². The molecule has 138 valence electrons. The Morgan fingerprint density at radius 2 is 1.48 bits per heavy atom. The average molecular weight is 329 g/mol. The Balaban J connectivity index is 4.48. The first kappa shape index (κ1) is 22.5. The Labute approximate surface area is 144 Å². The molecule has 0 aliphatic rings.